The van der Waals surface area contributed by atoms with Crippen LogP contribution in [0.1, 0.15) is 101 Å². The quantitative estimate of drug-likeness (QED) is 0.390. The molecular formula is C34H50O4. The first kappa shape index (κ1) is 27.9. The van der Waals surface area contributed by atoms with Crippen molar-refractivity contribution in [3.8, 4) is 0 Å². The first-order valence-corrected chi connectivity index (χ1v) is 15.4. The van der Waals surface area contributed by atoms with Gasteiger partial charge in [-0.15, -0.1) is 0 Å². The van der Waals surface area contributed by atoms with E-state index in [4.69, 9.17) is 4.74 Å². The number of aliphatic hydroxyl groups excluding tert-OH is 2. The molecule has 5 rings (SSSR count). The highest BCUT2D eigenvalue weighted by atomic mass is 16.5. The molecule has 0 bridgehead atoms. The Bertz CT molecular complexity index is 1030. The summed E-state index contributed by atoms with van der Waals surface area (Å²) in [6.45, 7) is 9.73. The van der Waals surface area contributed by atoms with E-state index >= 15 is 0 Å². The van der Waals surface area contributed by atoms with E-state index in [2.05, 4.69) is 39.8 Å². The molecular weight excluding hydrogens is 472 g/mol. The summed E-state index contributed by atoms with van der Waals surface area (Å²) < 4.78 is 4.97. The van der Waals surface area contributed by atoms with Gasteiger partial charge < -0.3 is 14.9 Å². The number of methoxy groups -OCH3 is 1. The van der Waals surface area contributed by atoms with Crippen LogP contribution in [0.4, 0.5) is 0 Å². The monoisotopic (exact) mass is 522 g/mol. The van der Waals surface area contributed by atoms with Gasteiger partial charge in [-0.3, -0.25) is 0 Å². The average Bonchev–Trinajstić information content (AvgIpc) is 3.27. The summed E-state index contributed by atoms with van der Waals surface area (Å²) in [6, 6.07) is 7.65. The third-order valence-electron chi connectivity index (χ3n) is 12.3. The number of esters is 1. The van der Waals surface area contributed by atoms with Crippen LogP contribution < -0.4 is 0 Å². The summed E-state index contributed by atoms with van der Waals surface area (Å²) in [6.07, 6.45) is 13.8. The Balaban J connectivity index is 1.33. The minimum atomic E-state index is -0.291. The lowest BCUT2D eigenvalue weighted by atomic mass is 9.41. The highest BCUT2D eigenvalue weighted by Gasteiger charge is 2.64. The summed E-state index contributed by atoms with van der Waals surface area (Å²) in [5, 5.41) is 22.5. The molecule has 0 amide bonds. The fourth-order valence-corrected chi connectivity index (χ4v) is 10.4. The molecule has 4 heteroatoms. The Kier molecular flexibility index (Phi) is 7.88. The Morgan fingerprint density at radius 3 is 2.50 bits per heavy atom. The van der Waals surface area contributed by atoms with E-state index in [1.54, 1.807) is 0 Å². The number of aliphatic hydroxyl groups is 2. The Morgan fingerprint density at radius 1 is 1.05 bits per heavy atom. The van der Waals surface area contributed by atoms with Crippen LogP contribution in [0, 0.1) is 52.3 Å². The third kappa shape index (κ3) is 4.48. The molecule has 0 unspecified atom stereocenters. The molecule has 0 saturated heterocycles. The van der Waals surface area contributed by atoms with Crippen molar-refractivity contribution in [3.05, 3.63) is 41.5 Å². The van der Waals surface area contributed by atoms with Crippen molar-refractivity contribution in [2.45, 2.75) is 97.7 Å². The largest absolute Gasteiger partial charge is 0.465 e. The molecule has 0 heterocycles. The van der Waals surface area contributed by atoms with Gasteiger partial charge in [0.25, 0.3) is 0 Å². The Hall–Kier alpha value is -1.65. The minimum absolute atomic E-state index is 0.191. The highest BCUT2D eigenvalue weighted by Crippen LogP contribution is 2.69. The maximum absolute atomic E-state index is 12.2. The highest BCUT2D eigenvalue weighted by molar-refractivity contribution is 5.93. The van der Waals surface area contributed by atoms with Crippen molar-refractivity contribution in [2.24, 2.45) is 52.3 Å². The zero-order valence-corrected chi connectivity index (χ0v) is 24.2. The van der Waals surface area contributed by atoms with E-state index in [-0.39, 0.29) is 29.0 Å². The molecule has 1 aromatic carbocycles. The van der Waals surface area contributed by atoms with Gasteiger partial charge in [-0.1, -0.05) is 64.5 Å². The van der Waals surface area contributed by atoms with Crippen molar-refractivity contribution in [1.82, 2.24) is 0 Å². The molecule has 4 fully saturated rings. The van der Waals surface area contributed by atoms with Crippen LogP contribution in [0.3, 0.4) is 0 Å². The molecule has 0 spiro atoms. The van der Waals surface area contributed by atoms with Gasteiger partial charge in [-0.2, -0.15) is 0 Å². The molecule has 4 nitrogen and oxygen atoms in total. The van der Waals surface area contributed by atoms with Crippen molar-refractivity contribution >= 4 is 12.0 Å². The molecule has 4 aliphatic carbocycles. The average molecular weight is 523 g/mol. The number of rotatable bonds is 6. The van der Waals surface area contributed by atoms with Gasteiger partial charge in [0.1, 0.15) is 0 Å². The molecule has 4 aliphatic rings. The van der Waals surface area contributed by atoms with Crippen molar-refractivity contribution < 1.29 is 19.7 Å². The molecule has 11 atom stereocenters. The van der Waals surface area contributed by atoms with Crippen LogP contribution in [-0.2, 0) is 4.74 Å². The van der Waals surface area contributed by atoms with E-state index in [0.717, 1.165) is 37.7 Å². The van der Waals surface area contributed by atoms with Crippen LogP contribution in [0.2, 0.25) is 0 Å². The predicted molar refractivity (Wildman–Crippen MR) is 152 cm³/mol. The second-order valence-corrected chi connectivity index (χ2v) is 13.8. The predicted octanol–water partition coefficient (Wildman–Crippen LogP) is 7.14. The van der Waals surface area contributed by atoms with Crippen LogP contribution in [0.5, 0.6) is 0 Å². The van der Waals surface area contributed by atoms with Crippen LogP contribution in [0.25, 0.3) is 6.08 Å². The van der Waals surface area contributed by atoms with Crippen LogP contribution in [0.15, 0.2) is 30.3 Å². The molecule has 2 N–H and O–H groups in total. The van der Waals surface area contributed by atoms with Gasteiger partial charge in [0.15, 0.2) is 0 Å². The maximum atomic E-state index is 12.2. The molecule has 0 aliphatic heterocycles. The van der Waals surface area contributed by atoms with E-state index in [1.807, 2.05) is 24.3 Å². The topological polar surface area (TPSA) is 66.8 Å². The second kappa shape index (κ2) is 10.7. The Morgan fingerprint density at radius 2 is 1.76 bits per heavy atom. The second-order valence-electron chi connectivity index (χ2n) is 13.8. The van der Waals surface area contributed by atoms with Gasteiger partial charge in [-0.25, -0.2) is 4.79 Å². The molecule has 1 aromatic rings. The summed E-state index contributed by atoms with van der Waals surface area (Å²) in [4.78, 5) is 12.2. The van der Waals surface area contributed by atoms with Crippen molar-refractivity contribution in [1.29, 1.82) is 0 Å². The SMILES string of the molecule is CC[C@H]1[C@@H](O)[C@@H]2[C@H](CC[C@]3(C)[C@@H]([C@H](C)C/C=C/c4ccccc4C(=O)OC)CC[C@@H]23)[C@@]2(C)CC[C@@H](O)C[C@@H]12. The fourth-order valence-electron chi connectivity index (χ4n) is 10.4. The minimum Gasteiger partial charge on any atom is -0.465 e. The first-order chi connectivity index (χ1) is 18.2. The summed E-state index contributed by atoms with van der Waals surface area (Å²) in [5.41, 5.74) is 2.06. The summed E-state index contributed by atoms with van der Waals surface area (Å²) >= 11 is 0. The molecule has 0 radical (unpaired) electrons. The Labute approximate surface area is 230 Å². The lowest BCUT2D eigenvalue weighted by molar-refractivity contribution is -0.203. The van der Waals surface area contributed by atoms with Gasteiger partial charge in [-0.05, 0) is 115 Å². The third-order valence-corrected chi connectivity index (χ3v) is 12.3. The van der Waals surface area contributed by atoms with E-state index in [1.165, 1.54) is 32.8 Å². The van der Waals surface area contributed by atoms with Crippen molar-refractivity contribution in [3.63, 3.8) is 0 Å². The van der Waals surface area contributed by atoms with Gasteiger partial charge in [0.05, 0.1) is 24.9 Å². The van der Waals surface area contributed by atoms with Crippen LogP contribution >= 0.6 is 0 Å². The smallest absolute Gasteiger partial charge is 0.338 e. The number of fused-ring (bicyclic) bond motifs is 5. The summed E-state index contributed by atoms with van der Waals surface area (Å²) in [5.74, 6) is 3.25. The van der Waals surface area contributed by atoms with E-state index < -0.39 is 0 Å². The fraction of sp³-hybridized carbons (Fsp3) is 0.735. The lowest BCUT2D eigenvalue weighted by Crippen LogP contribution is -2.62. The zero-order valence-electron chi connectivity index (χ0n) is 24.2. The molecule has 0 aromatic heterocycles. The zero-order chi connectivity index (χ0) is 27.2. The molecule has 38 heavy (non-hydrogen) atoms. The number of benzene rings is 1. The first-order valence-electron chi connectivity index (χ1n) is 15.4. The van der Waals surface area contributed by atoms with E-state index in [0.29, 0.717) is 47.0 Å². The van der Waals surface area contributed by atoms with E-state index in [9.17, 15) is 15.0 Å². The number of carbonyl (C=O) groups excluding carboxylic acids is 1. The maximum Gasteiger partial charge on any atom is 0.338 e. The summed E-state index contributed by atoms with van der Waals surface area (Å²) in [7, 11) is 1.43. The number of allylic oxidation sites excluding steroid dienone is 1. The van der Waals surface area contributed by atoms with Crippen molar-refractivity contribution in [2.75, 3.05) is 7.11 Å². The normalized spacial score (nSPS) is 43.2. The number of hydrogen-bond acceptors (Lipinski definition) is 4. The van der Waals surface area contributed by atoms with Gasteiger partial charge in [0, 0.05) is 0 Å². The number of carbonyl (C=O) groups is 1. The molecule has 210 valence electrons. The van der Waals surface area contributed by atoms with Gasteiger partial charge >= 0.3 is 5.97 Å². The van der Waals surface area contributed by atoms with Crippen LogP contribution in [-0.4, -0.2) is 35.5 Å². The lowest BCUT2D eigenvalue weighted by Gasteiger charge is -2.64. The van der Waals surface area contributed by atoms with Gasteiger partial charge in [0.2, 0.25) is 0 Å². The number of hydrogen-bond donors (Lipinski definition) is 2. The number of ether oxygens (including phenoxy) is 1. The molecule has 4 saturated carbocycles. The standard InChI is InChI=1S/C34H50O4/c1-6-24-29-20-23(35)16-18-34(29,4)28-17-19-33(3)26(14-15-27(33)30(28)31(24)36)21(2)10-9-12-22-11-7-8-13-25(22)32(37)38-5/h7-9,11-13,21,23-24,26-31,35-36H,6,10,14-20H2,1-5H3/b12-9+/t21-,23-,24-,26-,27+,28+,29+,30+,31-,33-,34-/m1/s1.